The van der Waals surface area contributed by atoms with Crippen LogP contribution in [0.15, 0.2) is 23.1 Å². The van der Waals surface area contributed by atoms with Gasteiger partial charge >= 0.3 is 0 Å². The molecule has 0 atom stereocenters. The minimum atomic E-state index is -3.40. The molecule has 1 aromatic rings. The van der Waals surface area contributed by atoms with Gasteiger partial charge < -0.3 is 10.5 Å². The number of anilines is 1. The summed E-state index contributed by atoms with van der Waals surface area (Å²) in [7, 11) is -3.40. The molecule has 0 aromatic heterocycles. The smallest absolute Gasteiger partial charge is 0.182 e. The molecular weight excluding hydrogens is 274 g/mol. The first kappa shape index (κ1) is 15.3. The maximum atomic E-state index is 12.0. The summed E-state index contributed by atoms with van der Waals surface area (Å²) in [5.74, 6) is -0.0669. The maximum Gasteiger partial charge on any atom is 0.182 e. The fourth-order valence-corrected chi connectivity index (χ4v) is 2.86. The number of benzene rings is 1. The second kappa shape index (κ2) is 6.97. The predicted octanol–water partition coefficient (Wildman–Crippen LogP) is 2.51. The van der Waals surface area contributed by atoms with Crippen LogP contribution in [-0.4, -0.2) is 27.4 Å². The number of sulfone groups is 1. The molecule has 1 aromatic carbocycles. The van der Waals surface area contributed by atoms with E-state index in [1.807, 2.05) is 0 Å². The lowest BCUT2D eigenvalue weighted by atomic mass is 10.3. The van der Waals surface area contributed by atoms with Crippen LogP contribution < -0.4 is 5.73 Å². The largest absolute Gasteiger partial charge is 0.398 e. The highest BCUT2D eigenvalue weighted by molar-refractivity contribution is 7.91. The van der Waals surface area contributed by atoms with Crippen molar-refractivity contribution in [2.75, 3.05) is 24.7 Å². The number of nitrogens with two attached hydrogens (primary N) is 1. The molecule has 0 saturated carbocycles. The summed E-state index contributed by atoms with van der Waals surface area (Å²) in [5.41, 5.74) is 5.83. The number of ether oxygens (including phenoxy) is 1. The minimum Gasteiger partial charge on any atom is -0.398 e. The van der Waals surface area contributed by atoms with E-state index in [0.717, 1.165) is 12.8 Å². The topological polar surface area (TPSA) is 69.4 Å². The predicted molar refractivity (Wildman–Crippen MR) is 73.6 cm³/mol. The quantitative estimate of drug-likeness (QED) is 0.619. The van der Waals surface area contributed by atoms with Gasteiger partial charge in [-0.1, -0.05) is 24.9 Å². The third kappa shape index (κ3) is 4.48. The molecule has 6 heteroatoms. The van der Waals surface area contributed by atoms with Crippen LogP contribution in [0.25, 0.3) is 0 Å². The van der Waals surface area contributed by atoms with E-state index in [-0.39, 0.29) is 22.9 Å². The van der Waals surface area contributed by atoms with E-state index in [4.69, 9.17) is 22.1 Å². The van der Waals surface area contributed by atoms with Gasteiger partial charge in [-0.15, -0.1) is 0 Å². The molecule has 0 spiro atoms. The molecule has 0 aliphatic rings. The first-order chi connectivity index (χ1) is 8.47. The van der Waals surface area contributed by atoms with Gasteiger partial charge in [0, 0.05) is 11.6 Å². The standard InChI is InChI=1S/C12H18ClNO3S/c1-2-3-6-17-7-8-18(15,16)12-5-4-10(13)9-11(12)14/h4-5,9H,2-3,6-8,14H2,1H3. The number of halogens is 1. The highest BCUT2D eigenvalue weighted by Crippen LogP contribution is 2.23. The van der Waals surface area contributed by atoms with Gasteiger partial charge in [0.2, 0.25) is 0 Å². The molecule has 0 unspecified atom stereocenters. The van der Waals surface area contributed by atoms with Gasteiger partial charge in [0.05, 0.1) is 22.9 Å². The Kier molecular flexibility index (Phi) is 5.91. The SMILES string of the molecule is CCCCOCCS(=O)(=O)c1ccc(Cl)cc1N. The van der Waals surface area contributed by atoms with Gasteiger partial charge in [0.15, 0.2) is 9.84 Å². The number of hydrogen-bond acceptors (Lipinski definition) is 4. The van der Waals surface area contributed by atoms with Gasteiger partial charge in [-0.2, -0.15) is 0 Å². The molecule has 0 aliphatic heterocycles. The zero-order valence-electron chi connectivity index (χ0n) is 10.4. The first-order valence-electron chi connectivity index (χ1n) is 5.83. The summed E-state index contributed by atoms with van der Waals surface area (Å²) in [6.07, 6.45) is 1.96. The van der Waals surface area contributed by atoms with Crippen molar-refractivity contribution in [2.24, 2.45) is 0 Å². The van der Waals surface area contributed by atoms with Crippen LogP contribution in [0.3, 0.4) is 0 Å². The highest BCUT2D eigenvalue weighted by atomic mass is 35.5. The van der Waals surface area contributed by atoms with E-state index in [9.17, 15) is 8.42 Å². The molecule has 0 saturated heterocycles. The van der Waals surface area contributed by atoms with E-state index in [2.05, 4.69) is 6.92 Å². The van der Waals surface area contributed by atoms with Crippen LogP contribution in [0.2, 0.25) is 5.02 Å². The van der Waals surface area contributed by atoms with E-state index in [0.29, 0.717) is 11.6 Å². The van der Waals surface area contributed by atoms with E-state index >= 15 is 0 Å². The van der Waals surface area contributed by atoms with E-state index < -0.39 is 9.84 Å². The number of nitrogen functional groups attached to an aromatic ring is 1. The average Bonchev–Trinajstić information content (AvgIpc) is 2.28. The number of rotatable bonds is 7. The Bertz CT molecular complexity index is 488. The van der Waals surface area contributed by atoms with Crippen molar-refractivity contribution in [3.63, 3.8) is 0 Å². The molecule has 0 aliphatic carbocycles. The summed E-state index contributed by atoms with van der Waals surface area (Å²) < 4.78 is 29.2. The van der Waals surface area contributed by atoms with Crippen molar-refractivity contribution in [1.29, 1.82) is 0 Å². The van der Waals surface area contributed by atoms with Crippen molar-refractivity contribution >= 4 is 27.1 Å². The molecule has 0 bridgehead atoms. The molecule has 102 valence electrons. The molecule has 18 heavy (non-hydrogen) atoms. The highest BCUT2D eigenvalue weighted by Gasteiger charge is 2.17. The Labute approximate surface area is 113 Å². The fraction of sp³-hybridized carbons (Fsp3) is 0.500. The Hall–Kier alpha value is -0.780. The van der Waals surface area contributed by atoms with Crippen molar-refractivity contribution in [1.82, 2.24) is 0 Å². The van der Waals surface area contributed by atoms with Crippen LogP contribution in [0.1, 0.15) is 19.8 Å². The molecule has 2 N–H and O–H groups in total. The van der Waals surface area contributed by atoms with Crippen molar-refractivity contribution in [2.45, 2.75) is 24.7 Å². The molecule has 0 radical (unpaired) electrons. The Morgan fingerprint density at radius 3 is 2.67 bits per heavy atom. The van der Waals surface area contributed by atoms with E-state index in [1.54, 1.807) is 0 Å². The van der Waals surface area contributed by atoms with Crippen LogP contribution >= 0.6 is 11.6 Å². The van der Waals surface area contributed by atoms with Gasteiger partial charge in [-0.3, -0.25) is 0 Å². The molecule has 0 fully saturated rings. The molecule has 0 amide bonds. The second-order valence-corrected chi connectivity index (χ2v) is 6.48. The zero-order chi connectivity index (χ0) is 13.6. The normalized spacial score (nSPS) is 11.7. The first-order valence-corrected chi connectivity index (χ1v) is 7.86. The lowest BCUT2D eigenvalue weighted by Gasteiger charge is -2.08. The summed E-state index contributed by atoms with van der Waals surface area (Å²) in [6, 6.07) is 4.38. The fourth-order valence-electron chi connectivity index (χ4n) is 1.43. The van der Waals surface area contributed by atoms with E-state index in [1.165, 1.54) is 18.2 Å². The molecule has 1 rings (SSSR count). The number of hydrogen-bond donors (Lipinski definition) is 1. The van der Waals surface area contributed by atoms with Crippen molar-refractivity contribution < 1.29 is 13.2 Å². The van der Waals surface area contributed by atoms with Gasteiger partial charge in [0.25, 0.3) is 0 Å². The monoisotopic (exact) mass is 291 g/mol. The van der Waals surface area contributed by atoms with Crippen LogP contribution in [0, 0.1) is 0 Å². The lowest BCUT2D eigenvalue weighted by molar-refractivity contribution is 0.146. The Morgan fingerprint density at radius 1 is 1.33 bits per heavy atom. The Morgan fingerprint density at radius 2 is 2.06 bits per heavy atom. The summed E-state index contributed by atoms with van der Waals surface area (Å²) >= 11 is 5.73. The average molecular weight is 292 g/mol. The Balaban J connectivity index is 2.63. The third-order valence-electron chi connectivity index (χ3n) is 2.45. The minimum absolute atomic E-state index is 0.0669. The summed E-state index contributed by atoms with van der Waals surface area (Å²) in [5, 5.41) is 0.422. The number of unbranched alkanes of at least 4 members (excludes halogenated alkanes) is 1. The maximum absolute atomic E-state index is 12.0. The second-order valence-electron chi connectivity index (χ2n) is 3.97. The van der Waals surface area contributed by atoms with Gasteiger partial charge in [-0.25, -0.2) is 8.42 Å². The lowest BCUT2D eigenvalue weighted by Crippen LogP contribution is -2.14. The molecular formula is C12H18ClNO3S. The van der Waals surface area contributed by atoms with Crippen LogP contribution in [0.5, 0.6) is 0 Å². The van der Waals surface area contributed by atoms with Gasteiger partial charge in [-0.05, 0) is 24.6 Å². The zero-order valence-corrected chi connectivity index (χ0v) is 11.9. The summed E-state index contributed by atoms with van der Waals surface area (Å²) in [4.78, 5) is 0.117. The molecule has 0 heterocycles. The van der Waals surface area contributed by atoms with Gasteiger partial charge in [0.1, 0.15) is 0 Å². The molecule has 4 nitrogen and oxygen atoms in total. The third-order valence-corrected chi connectivity index (χ3v) is 4.43. The van der Waals surface area contributed by atoms with Crippen LogP contribution in [0.4, 0.5) is 5.69 Å². The van der Waals surface area contributed by atoms with Crippen molar-refractivity contribution in [3.05, 3.63) is 23.2 Å². The van der Waals surface area contributed by atoms with Crippen molar-refractivity contribution in [3.8, 4) is 0 Å². The van der Waals surface area contributed by atoms with Crippen LogP contribution in [-0.2, 0) is 14.6 Å². The summed E-state index contributed by atoms with van der Waals surface area (Å²) in [6.45, 7) is 2.82.